The van der Waals surface area contributed by atoms with Gasteiger partial charge in [0.1, 0.15) is 5.82 Å². The van der Waals surface area contributed by atoms with Crippen molar-refractivity contribution in [1.29, 1.82) is 0 Å². The summed E-state index contributed by atoms with van der Waals surface area (Å²) in [5, 5.41) is 13.3. The molecule has 0 aliphatic heterocycles. The average molecular weight is 231 g/mol. The molecular weight excluding hydrogens is 214 g/mol. The summed E-state index contributed by atoms with van der Waals surface area (Å²) in [4.78, 5) is 4.47. The number of aliphatic hydroxyl groups excluding tert-OH is 1. The second-order valence-electron chi connectivity index (χ2n) is 4.07. The fraction of sp³-hybridized carbons (Fsp3) is 0.385. The van der Waals surface area contributed by atoms with Gasteiger partial charge in [0.15, 0.2) is 5.82 Å². The van der Waals surface area contributed by atoms with Crippen molar-refractivity contribution in [1.82, 2.24) is 14.8 Å². The lowest BCUT2D eigenvalue weighted by Gasteiger charge is -1.99. The molecule has 0 fully saturated rings. The molecule has 4 heteroatoms. The van der Waals surface area contributed by atoms with Crippen LogP contribution in [-0.4, -0.2) is 19.9 Å². The van der Waals surface area contributed by atoms with Crippen LogP contribution in [0.5, 0.6) is 0 Å². The Bertz CT molecular complexity index is 488. The van der Waals surface area contributed by atoms with Crippen molar-refractivity contribution in [3.05, 3.63) is 47.0 Å². The fourth-order valence-corrected chi connectivity index (χ4v) is 1.80. The smallest absolute Gasteiger partial charge is 0.155 e. The molecule has 0 bridgehead atoms. The summed E-state index contributed by atoms with van der Waals surface area (Å²) < 4.78 is 1.83. The zero-order valence-electron chi connectivity index (χ0n) is 10.2. The van der Waals surface area contributed by atoms with Crippen LogP contribution in [0.1, 0.15) is 29.7 Å². The number of aryl methyl sites for hydroxylation is 2. The Labute approximate surface area is 101 Å². The molecular formula is C13H17N3O. The van der Waals surface area contributed by atoms with Crippen LogP contribution in [0.3, 0.4) is 0 Å². The van der Waals surface area contributed by atoms with Gasteiger partial charge in [0.05, 0.1) is 6.61 Å². The number of hydrogen-bond donors (Lipinski definition) is 1. The molecule has 2 rings (SSSR count). The maximum absolute atomic E-state index is 8.96. The Morgan fingerprint density at radius 2 is 1.82 bits per heavy atom. The van der Waals surface area contributed by atoms with Gasteiger partial charge in [-0.25, -0.2) is 4.98 Å². The van der Waals surface area contributed by atoms with E-state index in [9.17, 15) is 0 Å². The van der Waals surface area contributed by atoms with Crippen LogP contribution in [0.2, 0.25) is 0 Å². The molecule has 0 aliphatic carbocycles. The van der Waals surface area contributed by atoms with Crippen LogP contribution in [0.25, 0.3) is 0 Å². The van der Waals surface area contributed by atoms with Crippen molar-refractivity contribution in [2.24, 2.45) is 7.05 Å². The molecule has 1 aromatic carbocycles. The summed E-state index contributed by atoms with van der Waals surface area (Å²) in [6, 6.07) is 7.87. The van der Waals surface area contributed by atoms with Crippen LogP contribution in [-0.2, 0) is 26.5 Å². The number of hydrogen-bond acceptors (Lipinski definition) is 3. The Morgan fingerprint density at radius 1 is 1.18 bits per heavy atom. The number of rotatable bonds is 4. The van der Waals surface area contributed by atoms with Crippen molar-refractivity contribution in [3.8, 4) is 0 Å². The van der Waals surface area contributed by atoms with E-state index < -0.39 is 0 Å². The molecule has 17 heavy (non-hydrogen) atoms. The molecule has 0 unspecified atom stereocenters. The predicted octanol–water partition coefficient (Wildman–Crippen LogP) is 1.46. The van der Waals surface area contributed by atoms with Gasteiger partial charge in [-0.15, -0.1) is 0 Å². The van der Waals surface area contributed by atoms with Gasteiger partial charge >= 0.3 is 0 Å². The first-order chi connectivity index (χ1) is 8.22. The van der Waals surface area contributed by atoms with E-state index in [-0.39, 0.29) is 6.61 Å². The largest absolute Gasteiger partial charge is 0.392 e. The topological polar surface area (TPSA) is 50.9 Å². The lowest BCUT2D eigenvalue weighted by atomic mass is 10.1. The summed E-state index contributed by atoms with van der Waals surface area (Å²) in [6.07, 6.45) is 1.63. The number of aromatic nitrogens is 3. The maximum Gasteiger partial charge on any atom is 0.155 e. The summed E-state index contributed by atoms with van der Waals surface area (Å²) in [5.41, 5.74) is 2.09. The molecule has 0 atom stereocenters. The summed E-state index contributed by atoms with van der Waals surface area (Å²) in [6.45, 7) is 2.16. The van der Waals surface area contributed by atoms with E-state index in [2.05, 4.69) is 17.0 Å². The van der Waals surface area contributed by atoms with Gasteiger partial charge in [0.2, 0.25) is 0 Å². The van der Waals surface area contributed by atoms with Gasteiger partial charge < -0.3 is 5.11 Å². The van der Waals surface area contributed by atoms with Crippen molar-refractivity contribution in [3.63, 3.8) is 0 Å². The number of benzene rings is 1. The molecule has 0 saturated heterocycles. The highest BCUT2D eigenvalue weighted by molar-refractivity contribution is 5.24. The third-order valence-electron chi connectivity index (χ3n) is 2.78. The van der Waals surface area contributed by atoms with Crippen molar-refractivity contribution in [2.45, 2.75) is 26.4 Å². The zero-order chi connectivity index (χ0) is 12.3. The predicted molar refractivity (Wildman–Crippen MR) is 65.6 cm³/mol. The lowest BCUT2D eigenvalue weighted by Crippen LogP contribution is -1.97. The second kappa shape index (κ2) is 5.10. The molecule has 0 saturated carbocycles. The monoisotopic (exact) mass is 231 g/mol. The minimum Gasteiger partial charge on any atom is -0.392 e. The van der Waals surface area contributed by atoms with Crippen LogP contribution in [0.15, 0.2) is 24.3 Å². The second-order valence-corrected chi connectivity index (χ2v) is 4.07. The molecule has 1 heterocycles. The van der Waals surface area contributed by atoms with Gasteiger partial charge in [-0.05, 0) is 11.1 Å². The standard InChI is InChI=1S/C13H17N3O/c1-3-13-14-12(15-16(13)2)8-10-4-6-11(9-17)7-5-10/h4-7,17H,3,8-9H2,1-2H3. The highest BCUT2D eigenvalue weighted by Crippen LogP contribution is 2.09. The van der Waals surface area contributed by atoms with E-state index >= 15 is 0 Å². The third-order valence-corrected chi connectivity index (χ3v) is 2.78. The van der Waals surface area contributed by atoms with E-state index in [0.29, 0.717) is 0 Å². The van der Waals surface area contributed by atoms with Gasteiger partial charge in [-0.3, -0.25) is 4.68 Å². The zero-order valence-corrected chi connectivity index (χ0v) is 10.2. The molecule has 0 spiro atoms. The molecule has 0 amide bonds. The molecule has 0 radical (unpaired) electrons. The molecule has 90 valence electrons. The molecule has 1 N–H and O–H groups in total. The highest BCUT2D eigenvalue weighted by atomic mass is 16.3. The first-order valence-electron chi connectivity index (χ1n) is 5.80. The normalized spacial score (nSPS) is 10.8. The van der Waals surface area contributed by atoms with Crippen molar-refractivity contribution >= 4 is 0 Å². The van der Waals surface area contributed by atoms with Crippen molar-refractivity contribution < 1.29 is 5.11 Å². The van der Waals surface area contributed by atoms with Crippen LogP contribution in [0, 0.1) is 0 Å². The van der Waals surface area contributed by atoms with E-state index in [1.165, 1.54) is 0 Å². The average Bonchev–Trinajstić information content (AvgIpc) is 2.70. The van der Waals surface area contributed by atoms with Gasteiger partial charge in [-0.2, -0.15) is 5.10 Å². The lowest BCUT2D eigenvalue weighted by molar-refractivity contribution is 0.282. The third kappa shape index (κ3) is 2.71. The van der Waals surface area contributed by atoms with Gasteiger partial charge in [-0.1, -0.05) is 31.2 Å². The van der Waals surface area contributed by atoms with E-state index in [0.717, 1.165) is 35.6 Å². The van der Waals surface area contributed by atoms with E-state index in [1.807, 2.05) is 36.0 Å². The van der Waals surface area contributed by atoms with Crippen molar-refractivity contribution in [2.75, 3.05) is 0 Å². The van der Waals surface area contributed by atoms with E-state index in [4.69, 9.17) is 5.11 Å². The highest BCUT2D eigenvalue weighted by Gasteiger charge is 2.06. The van der Waals surface area contributed by atoms with Crippen LogP contribution >= 0.6 is 0 Å². The Kier molecular flexibility index (Phi) is 3.54. The minimum absolute atomic E-state index is 0.0854. The molecule has 4 nitrogen and oxygen atoms in total. The SMILES string of the molecule is CCc1nc(Cc2ccc(CO)cc2)nn1C. The molecule has 0 aliphatic rings. The fourth-order valence-electron chi connectivity index (χ4n) is 1.80. The first-order valence-corrected chi connectivity index (χ1v) is 5.80. The Hall–Kier alpha value is -1.68. The maximum atomic E-state index is 8.96. The summed E-state index contributed by atoms with van der Waals surface area (Å²) >= 11 is 0. The Morgan fingerprint density at radius 3 is 2.35 bits per heavy atom. The van der Waals surface area contributed by atoms with E-state index in [1.54, 1.807) is 0 Å². The quantitative estimate of drug-likeness (QED) is 0.866. The van der Waals surface area contributed by atoms with Crippen LogP contribution in [0.4, 0.5) is 0 Å². The molecule has 2 aromatic rings. The van der Waals surface area contributed by atoms with Crippen LogP contribution < -0.4 is 0 Å². The number of nitrogens with zero attached hydrogens (tertiary/aromatic N) is 3. The minimum atomic E-state index is 0.0854. The summed E-state index contributed by atoms with van der Waals surface area (Å²) in [7, 11) is 1.92. The van der Waals surface area contributed by atoms with Gasteiger partial charge in [0, 0.05) is 19.9 Å². The van der Waals surface area contributed by atoms with Gasteiger partial charge in [0.25, 0.3) is 0 Å². The molecule has 1 aromatic heterocycles. The Balaban J connectivity index is 2.13. The number of aliphatic hydroxyl groups is 1. The first kappa shape index (κ1) is 11.8. The summed E-state index contributed by atoms with van der Waals surface area (Å²) in [5.74, 6) is 1.85.